The summed E-state index contributed by atoms with van der Waals surface area (Å²) in [6.07, 6.45) is -4.15. The summed E-state index contributed by atoms with van der Waals surface area (Å²) < 4.78 is 56.0. The fourth-order valence-corrected chi connectivity index (χ4v) is 6.19. The number of hydrazine groups is 1. The molecule has 4 unspecified atom stereocenters. The summed E-state index contributed by atoms with van der Waals surface area (Å²) in [5.74, 6) is 1.35. The quantitative estimate of drug-likeness (QED) is 0.0742. The van der Waals surface area contributed by atoms with Crippen LogP contribution in [-0.4, -0.2) is 46.2 Å². The number of benzene rings is 2. The van der Waals surface area contributed by atoms with Gasteiger partial charge in [-0.25, -0.2) is 10.2 Å². The van der Waals surface area contributed by atoms with Crippen LogP contribution in [0.2, 0.25) is 0 Å². The molecule has 4 rings (SSSR count). The minimum atomic E-state index is -4.64. The van der Waals surface area contributed by atoms with Crippen LogP contribution in [0.3, 0.4) is 0 Å². The van der Waals surface area contributed by atoms with Gasteiger partial charge in [-0.05, 0) is 47.9 Å². The van der Waals surface area contributed by atoms with Crippen LogP contribution >= 0.6 is 0 Å². The molecular formula is C34H42F4N6O4. The van der Waals surface area contributed by atoms with Crippen molar-refractivity contribution >= 4 is 34.5 Å². The highest BCUT2D eigenvalue weighted by Crippen LogP contribution is 2.40. The van der Waals surface area contributed by atoms with Crippen LogP contribution in [0.4, 0.5) is 17.6 Å². The highest BCUT2D eigenvalue weighted by Gasteiger charge is 2.47. The molecule has 1 aliphatic rings. The van der Waals surface area contributed by atoms with Crippen LogP contribution in [0.25, 0.3) is 10.9 Å². The SMILES string of the molecule is CCC(C)C(NC(=O)Cc1ccccc1F)C(=O)N[C@]1(C(=O)NC(C(=O)NN)C(C)CC)CCc2[nH]c3c(C(F)(F)F)cccc3c2C1. The number of amides is 4. The molecule has 0 spiro atoms. The zero-order chi connectivity index (χ0) is 35.4. The average molecular weight is 675 g/mol. The molecule has 0 bridgehead atoms. The highest BCUT2D eigenvalue weighted by molar-refractivity contribution is 5.98. The lowest BCUT2D eigenvalue weighted by Crippen LogP contribution is -2.67. The van der Waals surface area contributed by atoms with Gasteiger partial charge in [-0.2, -0.15) is 13.2 Å². The van der Waals surface area contributed by atoms with Gasteiger partial charge in [0.25, 0.3) is 5.91 Å². The number of hydrogen-bond donors (Lipinski definition) is 6. The van der Waals surface area contributed by atoms with Gasteiger partial charge in [0.1, 0.15) is 23.4 Å². The third-order valence-electron chi connectivity index (χ3n) is 9.46. The lowest BCUT2D eigenvalue weighted by Gasteiger charge is -2.39. The van der Waals surface area contributed by atoms with E-state index in [2.05, 4.69) is 26.4 Å². The second-order valence-electron chi connectivity index (χ2n) is 12.6. The molecule has 0 saturated carbocycles. The molecule has 0 saturated heterocycles. The number of carbonyl (C=O) groups excluding carboxylic acids is 4. The minimum absolute atomic E-state index is 0.0282. The molecule has 260 valence electrons. The first-order chi connectivity index (χ1) is 22.6. The van der Waals surface area contributed by atoms with Crippen LogP contribution in [0, 0.1) is 17.7 Å². The Morgan fingerprint density at radius 2 is 1.58 bits per heavy atom. The van der Waals surface area contributed by atoms with Crippen molar-refractivity contribution in [3.63, 3.8) is 0 Å². The van der Waals surface area contributed by atoms with Crippen LogP contribution in [0.15, 0.2) is 42.5 Å². The summed E-state index contributed by atoms with van der Waals surface area (Å²) in [5, 5.41) is 8.53. The molecule has 0 radical (unpaired) electrons. The Morgan fingerprint density at radius 3 is 2.19 bits per heavy atom. The van der Waals surface area contributed by atoms with Crippen molar-refractivity contribution in [2.24, 2.45) is 17.7 Å². The van der Waals surface area contributed by atoms with Crippen LogP contribution in [-0.2, 0) is 44.6 Å². The summed E-state index contributed by atoms with van der Waals surface area (Å²) in [7, 11) is 0. The summed E-state index contributed by atoms with van der Waals surface area (Å²) in [6.45, 7) is 7.12. The Morgan fingerprint density at radius 1 is 0.938 bits per heavy atom. The molecule has 48 heavy (non-hydrogen) atoms. The number of aryl methyl sites for hydroxylation is 1. The second kappa shape index (κ2) is 14.8. The van der Waals surface area contributed by atoms with E-state index in [1.54, 1.807) is 19.9 Å². The van der Waals surface area contributed by atoms with E-state index in [4.69, 9.17) is 5.84 Å². The van der Waals surface area contributed by atoms with Gasteiger partial charge in [0.2, 0.25) is 17.7 Å². The average Bonchev–Trinajstić information content (AvgIpc) is 3.43. The van der Waals surface area contributed by atoms with Crippen molar-refractivity contribution < 1.29 is 36.7 Å². The fraction of sp³-hybridized carbons (Fsp3) is 0.471. The van der Waals surface area contributed by atoms with Crippen molar-refractivity contribution in [3.05, 3.63) is 70.7 Å². The summed E-state index contributed by atoms with van der Waals surface area (Å²) in [6, 6.07) is 7.31. The van der Waals surface area contributed by atoms with E-state index in [1.807, 2.05) is 13.8 Å². The Balaban J connectivity index is 1.73. The number of aromatic nitrogens is 1. The number of H-pyrrole nitrogens is 1. The van der Waals surface area contributed by atoms with E-state index >= 15 is 0 Å². The molecular weight excluding hydrogens is 632 g/mol. The highest BCUT2D eigenvalue weighted by atomic mass is 19.4. The molecule has 10 nitrogen and oxygen atoms in total. The number of nitrogens with two attached hydrogens (primary N) is 1. The maximum Gasteiger partial charge on any atom is 0.418 e. The van der Waals surface area contributed by atoms with Gasteiger partial charge in [-0.1, -0.05) is 70.9 Å². The normalized spacial score (nSPS) is 18.6. The van der Waals surface area contributed by atoms with Crippen LogP contribution < -0.4 is 27.2 Å². The Hall–Kier alpha value is -4.46. The smallest absolute Gasteiger partial charge is 0.358 e. The molecule has 0 aliphatic heterocycles. The van der Waals surface area contributed by atoms with E-state index in [0.29, 0.717) is 24.1 Å². The lowest BCUT2D eigenvalue weighted by molar-refractivity contribution is -0.139. The monoisotopic (exact) mass is 674 g/mol. The number of nitrogens with one attached hydrogen (secondary N) is 5. The minimum Gasteiger partial charge on any atom is -0.358 e. The first-order valence-electron chi connectivity index (χ1n) is 16.0. The Bertz CT molecular complexity index is 1670. The van der Waals surface area contributed by atoms with Crippen molar-refractivity contribution in [1.82, 2.24) is 26.4 Å². The van der Waals surface area contributed by atoms with Gasteiger partial charge >= 0.3 is 6.18 Å². The van der Waals surface area contributed by atoms with Gasteiger partial charge in [0.05, 0.1) is 17.5 Å². The first kappa shape index (κ1) is 36.4. The van der Waals surface area contributed by atoms with E-state index in [9.17, 15) is 36.7 Å². The Kier molecular flexibility index (Phi) is 11.2. The number of fused-ring (bicyclic) bond motifs is 3. The number of rotatable bonds is 12. The number of carbonyl (C=O) groups is 4. The van der Waals surface area contributed by atoms with Crippen molar-refractivity contribution in [2.75, 3.05) is 0 Å². The molecule has 7 N–H and O–H groups in total. The van der Waals surface area contributed by atoms with Gasteiger partial charge < -0.3 is 20.9 Å². The van der Waals surface area contributed by atoms with Gasteiger partial charge in [-0.15, -0.1) is 0 Å². The number of alkyl halides is 3. The van der Waals surface area contributed by atoms with Gasteiger partial charge in [0.15, 0.2) is 0 Å². The van der Waals surface area contributed by atoms with Gasteiger partial charge in [-0.3, -0.25) is 24.6 Å². The lowest BCUT2D eigenvalue weighted by atomic mass is 9.78. The van der Waals surface area contributed by atoms with Gasteiger partial charge in [0, 0.05) is 17.5 Å². The topological polar surface area (TPSA) is 158 Å². The number of halogens is 4. The molecule has 1 aliphatic carbocycles. The van der Waals surface area contributed by atoms with E-state index in [1.165, 1.54) is 30.3 Å². The second-order valence-corrected chi connectivity index (χ2v) is 12.6. The molecule has 4 amide bonds. The zero-order valence-corrected chi connectivity index (χ0v) is 27.3. The molecule has 3 aromatic rings. The maximum atomic E-state index is 14.3. The molecule has 14 heteroatoms. The van der Waals surface area contributed by atoms with Crippen molar-refractivity contribution in [3.8, 4) is 0 Å². The molecule has 2 aromatic carbocycles. The molecule has 1 heterocycles. The van der Waals surface area contributed by atoms with Crippen LogP contribution in [0.1, 0.15) is 69.3 Å². The molecule has 5 atom stereocenters. The predicted octanol–water partition coefficient (Wildman–Crippen LogP) is 3.96. The third kappa shape index (κ3) is 7.64. The largest absolute Gasteiger partial charge is 0.418 e. The summed E-state index contributed by atoms with van der Waals surface area (Å²) in [4.78, 5) is 57.1. The predicted molar refractivity (Wildman–Crippen MR) is 171 cm³/mol. The third-order valence-corrected chi connectivity index (χ3v) is 9.46. The van der Waals surface area contributed by atoms with Crippen molar-refractivity contribution in [1.29, 1.82) is 0 Å². The van der Waals surface area contributed by atoms with Crippen LogP contribution in [0.5, 0.6) is 0 Å². The Labute approximate surface area is 275 Å². The number of hydrogen-bond acceptors (Lipinski definition) is 5. The standard InChI is InChI=1S/C34H42F4N6O4/c1-5-18(3)27(41-26(45)16-20-10-7-8-13-24(20)35)30(46)43-33(32(48)42-28(19(4)6-2)31(47)44-39)15-14-25-22(17-33)21-11-9-12-23(29(21)40-25)34(36,37)38/h7-13,18-19,27-28,40H,5-6,14-17,39H2,1-4H3,(H,41,45)(H,42,48)(H,43,46)(H,44,47)/t18?,19?,27?,28?,33-/m1/s1. The van der Waals surface area contributed by atoms with E-state index in [-0.39, 0.29) is 48.1 Å². The first-order valence-corrected chi connectivity index (χ1v) is 16.0. The number of para-hydroxylation sites is 1. The molecule has 0 fully saturated rings. The summed E-state index contributed by atoms with van der Waals surface area (Å²) in [5.41, 5.74) is 0.396. The maximum absolute atomic E-state index is 14.3. The number of aromatic amines is 1. The van der Waals surface area contributed by atoms with Crippen molar-refractivity contribution in [2.45, 2.75) is 90.0 Å². The van der Waals surface area contributed by atoms with E-state index < -0.39 is 64.7 Å². The zero-order valence-electron chi connectivity index (χ0n) is 27.3. The fourth-order valence-electron chi connectivity index (χ4n) is 6.19. The molecule has 1 aromatic heterocycles. The van der Waals surface area contributed by atoms with E-state index in [0.717, 1.165) is 6.07 Å². The summed E-state index contributed by atoms with van der Waals surface area (Å²) >= 11 is 0.